The molecule has 1 heterocycles. The van der Waals surface area contributed by atoms with E-state index in [0.29, 0.717) is 5.92 Å². The van der Waals surface area contributed by atoms with Crippen LogP contribution in [0, 0.1) is 0 Å². The molecule has 0 atom stereocenters. The zero-order valence-electron chi connectivity index (χ0n) is 9.66. The van der Waals surface area contributed by atoms with E-state index in [9.17, 15) is 4.79 Å². The second kappa shape index (κ2) is 3.87. The molecule has 0 unspecified atom stereocenters. The lowest BCUT2D eigenvalue weighted by atomic mass is 10.1. The number of aromatic nitrogens is 2. The highest BCUT2D eigenvalue weighted by Gasteiger charge is 2.54. The SMILES string of the molecule is COC(=O)C1(n2cc(Br)c(C(C)C)n2)CC1. The molecule has 0 saturated heterocycles. The van der Waals surface area contributed by atoms with Gasteiger partial charge in [-0.25, -0.2) is 4.79 Å². The lowest BCUT2D eigenvalue weighted by molar-refractivity contribution is -0.146. The van der Waals surface area contributed by atoms with Crippen molar-refractivity contribution in [3.63, 3.8) is 0 Å². The topological polar surface area (TPSA) is 44.1 Å². The van der Waals surface area contributed by atoms with E-state index < -0.39 is 5.54 Å². The van der Waals surface area contributed by atoms with E-state index in [2.05, 4.69) is 34.9 Å². The maximum atomic E-state index is 11.7. The number of ether oxygens (including phenoxy) is 1. The van der Waals surface area contributed by atoms with Crippen LogP contribution in [-0.4, -0.2) is 22.9 Å². The fourth-order valence-electron chi connectivity index (χ4n) is 1.81. The largest absolute Gasteiger partial charge is 0.467 e. The van der Waals surface area contributed by atoms with Crippen LogP contribution in [0.15, 0.2) is 10.7 Å². The summed E-state index contributed by atoms with van der Waals surface area (Å²) in [5.74, 6) is 0.141. The Bertz CT molecular complexity index is 422. The fourth-order valence-corrected chi connectivity index (χ4v) is 2.54. The third-order valence-corrected chi connectivity index (χ3v) is 3.58. The van der Waals surface area contributed by atoms with Crippen molar-refractivity contribution in [1.82, 2.24) is 9.78 Å². The molecule has 1 fully saturated rings. The average Bonchev–Trinajstić information content (AvgIpc) is 2.95. The number of hydrogen-bond donors (Lipinski definition) is 0. The van der Waals surface area contributed by atoms with Crippen molar-refractivity contribution in [3.8, 4) is 0 Å². The Kier molecular flexibility index (Phi) is 2.82. The molecule has 4 nitrogen and oxygen atoms in total. The normalized spacial score (nSPS) is 17.6. The second-order valence-electron chi connectivity index (χ2n) is 4.48. The van der Waals surface area contributed by atoms with Gasteiger partial charge in [0.2, 0.25) is 0 Å². The highest BCUT2D eigenvalue weighted by molar-refractivity contribution is 9.10. The number of hydrogen-bond acceptors (Lipinski definition) is 3. The van der Waals surface area contributed by atoms with Crippen LogP contribution in [0.1, 0.15) is 38.3 Å². The molecule has 0 aliphatic heterocycles. The third-order valence-electron chi connectivity index (χ3n) is 2.97. The molecule has 0 bridgehead atoms. The molecule has 0 N–H and O–H groups in total. The summed E-state index contributed by atoms with van der Waals surface area (Å²) in [6, 6.07) is 0. The van der Waals surface area contributed by atoms with Gasteiger partial charge in [-0.3, -0.25) is 4.68 Å². The van der Waals surface area contributed by atoms with E-state index in [1.807, 2.05) is 6.20 Å². The van der Waals surface area contributed by atoms with Gasteiger partial charge in [-0.15, -0.1) is 0 Å². The predicted molar refractivity (Wildman–Crippen MR) is 63.2 cm³/mol. The van der Waals surface area contributed by atoms with Crippen LogP contribution in [-0.2, 0) is 15.1 Å². The van der Waals surface area contributed by atoms with Gasteiger partial charge in [0, 0.05) is 6.20 Å². The fraction of sp³-hybridized carbons (Fsp3) is 0.636. The second-order valence-corrected chi connectivity index (χ2v) is 5.34. The van der Waals surface area contributed by atoms with Crippen LogP contribution in [0.5, 0.6) is 0 Å². The predicted octanol–water partition coefficient (Wildman–Crippen LogP) is 2.43. The lowest BCUT2D eigenvalue weighted by Gasteiger charge is -2.12. The standard InChI is InChI=1S/C11H15BrN2O2/c1-7(2)9-8(12)6-14(13-9)11(4-5-11)10(15)16-3/h6-7H,4-5H2,1-3H3. The molecule has 1 aromatic rings. The van der Waals surface area contributed by atoms with Crippen molar-refractivity contribution in [1.29, 1.82) is 0 Å². The van der Waals surface area contributed by atoms with Crippen molar-refractivity contribution in [3.05, 3.63) is 16.4 Å². The van der Waals surface area contributed by atoms with E-state index in [1.165, 1.54) is 7.11 Å². The van der Waals surface area contributed by atoms with Crippen molar-refractivity contribution in [2.75, 3.05) is 7.11 Å². The summed E-state index contributed by atoms with van der Waals surface area (Å²) in [5.41, 5.74) is 0.444. The molecular formula is C11H15BrN2O2. The first-order valence-corrected chi connectivity index (χ1v) is 6.14. The van der Waals surface area contributed by atoms with Crippen molar-refractivity contribution in [2.45, 2.75) is 38.1 Å². The molecule has 16 heavy (non-hydrogen) atoms. The summed E-state index contributed by atoms with van der Waals surface area (Å²) in [7, 11) is 1.42. The van der Waals surface area contributed by atoms with Crippen LogP contribution >= 0.6 is 15.9 Å². The molecule has 0 radical (unpaired) electrons. The number of methoxy groups -OCH3 is 1. The highest BCUT2D eigenvalue weighted by Crippen LogP contribution is 2.45. The van der Waals surface area contributed by atoms with E-state index in [-0.39, 0.29) is 5.97 Å². The summed E-state index contributed by atoms with van der Waals surface area (Å²) in [4.78, 5) is 11.7. The Morgan fingerprint density at radius 3 is 2.62 bits per heavy atom. The van der Waals surface area contributed by atoms with Crippen molar-refractivity contribution < 1.29 is 9.53 Å². The van der Waals surface area contributed by atoms with Gasteiger partial charge >= 0.3 is 5.97 Å². The van der Waals surface area contributed by atoms with Gasteiger partial charge in [0.15, 0.2) is 5.54 Å². The maximum Gasteiger partial charge on any atom is 0.333 e. The lowest BCUT2D eigenvalue weighted by Crippen LogP contribution is -2.29. The average molecular weight is 287 g/mol. The quantitative estimate of drug-likeness (QED) is 0.802. The molecule has 2 rings (SSSR count). The summed E-state index contributed by atoms with van der Waals surface area (Å²) in [6.07, 6.45) is 3.50. The van der Waals surface area contributed by atoms with Crippen molar-refractivity contribution >= 4 is 21.9 Å². The Hall–Kier alpha value is -0.840. The van der Waals surface area contributed by atoms with Gasteiger partial charge in [0.1, 0.15) is 0 Å². The summed E-state index contributed by atoms with van der Waals surface area (Å²) in [6.45, 7) is 4.16. The number of carbonyl (C=O) groups is 1. The first-order valence-electron chi connectivity index (χ1n) is 5.35. The zero-order chi connectivity index (χ0) is 11.9. The smallest absolute Gasteiger partial charge is 0.333 e. The van der Waals surface area contributed by atoms with E-state index in [1.54, 1.807) is 4.68 Å². The van der Waals surface area contributed by atoms with Crippen LogP contribution < -0.4 is 0 Å². The number of halogens is 1. The van der Waals surface area contributed by atoms with Gasteiger partial charge in [-0.05, 0) is 34.7 Å². The maximum absolute atomic E-state index is 11.7. The molecule has 1 aromatic heterocycles. The zero-order valence-corrected chi connectivity index (χ0v) is 11.2. The first-order chi connectivity index (χ1) is 7.51. The van der Waals surface area contributed by atoms with E-state index >= 15 is 0 Å². The third kappa shape index (κ3) is 1.67. The molecular weight excluding hydrogens is 272 g/mol. The number of rotatable bonds is 3. The summed E-state index contributed by atoms with van der Waals surface area (Å²) < 4.78 is 7.53. The van der Waals surface area contributed by atoms with Crippen LogP contribution in [0.3, 0.4) is 0 Å². The van der Waals surface area contributed by atoms with E-state index in [4.69, 9.17) is 4.74 Å². The number of carbonyl (C=O) groups excluding carboxylic acids is 1. The minimum atomic E-state index is -0.537. The minimum Gasteiger partial charge on any atom is -0.467 e. The highest BCUT2D eigenvalue weighted by atomic mass is 79.9. The van der Waals surface area contributed by atoms with Gasteiger partial charge in [-0.2, -0.15) is 5.10 Å². The molecule has 0 spiro atoms. The van der Waals surface area contributed by atoms with Crippen molar-refractivity contribution in [2.24, 2.45) is 0 Å². The van der Waals surface area contributed by atoms with Crippen LogP contribution in [0.4, 0.5) is 0 Å². The van der Waals surface area contributed by atoms with E-state index in [0.717, 1.165) is 23.0 Å². The summed E-state index contributed by atoms with van der Waals surface area (Å²) in [5, 5.41) is 4.48. The van der Waals surface area contributed by atoms with Gasteiger partial charge in [0.25, 0.3) is 0 Å². The molecule has 1 saturated carbocycles. The molecule has 88 valence electrons. The number of nitrogens with zero attached hydrogens (tertiary/aromatic N) is 2. The minimum absolute atomic E-state index is 0.196. The first kappa shape index (κ1) is 11.6. The van der Waals surface area contributed by atoms with Gasteiger partial charge in [0.05, 0.1) is 17.3 Å². The Morgan fingerprint density at radius 1 is 1.62 bits per heavy atom. The Balaban J connectivity index is 2.35. The summed E-state index contributed by atoms with van der Waals surface area (Å²) >= 11 is 3.47. The van der Waals surface area contributed by atoms with Crippen LogP contribution in [0.25, 0.3) is 0 Å². The van der Waals surface area contributed by atoms with Gasteiger partial charge in [-0.1, -0.05) is 13.8 Å². The molecule has 0 aromatic carbocycles. The monoisotopic (exact) mass is 286 g/mol. The van der Waals surface area contributed by atoms with Crippen LogP contribution in [0.2, 0.25) is 0 Å². The number of esters is 1. The molecule has 5 heteroatoms. The molecule has 1 aliphatic carbocycles. The Labute approximate surface area is 103 Å². The molecule has 0 amide bonds. The Morgan fingerprint density at radius 2 is 2.25 bits per heavy atom. The van der Waals surface area contributed by atoms with Gasteiger partial charge < -0.3 is 4.74 Å². The molecule has 1 aliphatic rings.